The van der Waals surface area contributed by atoms with Crippen molar-refractivity contribution in [1.29, 1.82) is 0 Å². The van der Waals surface area contributed by atoms with Crippen molar-refractivity contribution < 1.29 is 22.9 Å². The number of carbonyl (C=O) groups is 1. The highest BCUT2D eigenvalue weighted by Crippen LogP contribution is 2.35. The van der Waals surface area contributed by atoms with E-state index in [1.54, 1.807) is 0 Å². The molecule has 0 bridgehead atoms. The van der Waals surface area contributed by atoms with Gasteiger partial charge in [0.05, 0.1) is 50.2 Å². The molecule has 0 spiro atoms. The molecule has 0 aliphatic carbocycles. The van der Waals surface area contributed by atoms with Crippen molar-refractivity contribution in [2.45, 2.75) is 25.9 Å². The average Bonchev–Trinajstić information content (AvgIpc) is 2.47. The van der Waals surface area contributed by atoms with Crippen LogP contribution in [-0.2, 0) is 11.0 Å². The Labute approximate surface area is 134 Å². The van der Waals surface area contributed by atoms with Crippen LogP contribution in [0.15, 0.2) is 18.2 Å². The molecule has 0 unspecified atom stereocenters. The third-order valence-corrected chi connectivity index (χ3v) is 4.03. The Morgan fingerprint density at radius 3 is 2.52 bits per heavy atom. The number of nitrogens with zero attached hydrogens (tertiary/aromatic N) is 1. The number of piperazine rings is 1. The molecule has 2 rings (SSSR count). The molecule has 0 radical (unpaired) electrons. The highest BCUT2D eigenvalue weighted by molar-refractivity contribution is 5.94. The third kappa shape index (κ3) is 4.60. The van der Waals surface area contributed by atoms with Crippen LogP contribution in [0, 0.1) is 0 Å². The fraction of sp³-hybridized carbons (Fsp3) is 0.562. The van der Waals surface area contributed by atoms with Crippen LogP contribution >= 0.6 is 0 Å². The number of anilines is 2. The van der Waals surface area contributed by atoms with Gasteiger partial charge < -0.3 is 15.1 Å². The maximum atomic E-state index is 12.9. The number of rotatable bonds is 4. The Kier molecular flexibility index (Phi) is 5.51. The third-order valence-electron chi connectivity index (χ3n) is 4.03. The predicted octanol–water partition coefficient (Wildman–Crippen LogP) is 1.78. The second kappa shape index (κ2) is 7.21. The lowest BCUT2D eigenvalue weighted by molar-refractivity contribution is -0.880. The molecule has 0 saturated carbocycles. The zero-order valence-electron chi connectivity index (χ0n) is 13.5. The number of alkyl halides is 3. The monoisotopic (exact) mass is 330 g/mol. The van der Waals surface area contributed by atoms with Crippen LogP contribution in [0.2, 0.25) is 0 Å². The SMILES string of the molecule is CCCC(=O)Nc1cc(C(F)(F)F)ccc1N1CC[NH+](C)CC1. The van der Waals surface area contributed by atoms with E-state index >= 15 is 0 Å². The van der Waals surface area contributed by atoms with E-state index in [0.29, 0.717) is 18.5 Å². The summed E-state index contributed by atoms with van der Waals surface area (Å²) in [7, 11) is 2.09. The molecule has 0 atom stereocenters. The van der Waals surface area contributed by atoms with Gasteiger partial charge in [-0.2, -0.15) is 13.2 Å². The van der Waals surface area contributed by atoms with Crippen LogP contribution in [0.25, 0.3) is 0 Å². The molecule has 4 nitrogen and oxygen atoms in total. The first kappa shape index (κ1) is 17.6. The molecule has 23 heavy (non-hydrogen) atoms. The van der Waals surface area contributed by atoms with Gasteiger partial charge >= 0.3 is 6.18 Å². The van der Waals surface area contributed by atoms with Gasteiger partial charge in [0.25, 0.3) is 0 Å². The fourth-order valence-electron chi connectivity index (χ4n) is 2.66. The standard InChI is InChI=1S/C16H22F3N3O/c1-3-4-15(23)20-13-11-12(16(17,18)19)5-6-14(13)22-9-7-21(2)8-10-22/h5-6,11H,3-4,7-10H2,1-2H3,(H,20,23)/p+1. The number of likely N-dealkylation sites (N-methyl/N-ethyl adjacent to an activating group) is 1. The van der Waals surface area contributed by atoms with Crippen LogP contribution in [0.3, 0.4) is 0 Å². The normalized spacial score (nSPS) is 16.5. The number of benzene rings is 1. The summed E-state index contributed by atoms with van der Waals surface area (Å²) in [6, 6.07) is 3.58. The van der Waals surface area contributed by atoms with E-state index in [9.17, 15) is 18.0 Å². The summed E-state index contributed by atoms with van der Waals surface area (Å²) in [5.74, 6) is -0.257. The fourth-order valence-corrected chi connectivity index (χ4v) is 2.66. The van der Waals surface area contributed by atoms with Crippen LogP contribution in [0.5, 0.6) is 0 Å². The molecule has 1 amide bonds. The summed E-state index contributed by atoms with van der Waals surface area (Å²) in [6.45, 7) is 5.21. The summed E-state index contributed by atoms with van der Waals surface area (Å²) >= 11 is 0. The molecule has 1 aromatic rings. The van der Waals surface area contributed by atoms with Crippen molar-refractivity contribution in [2.24, 2.45) is 0 Å². The van der Waals surface area contributed by atoms with Crippen molar-refractivity contribution in [2.75, 3.05) is 43.4 Å². The predicted molar refractivity (Wildman–Crippen MR) is 83.8 cm³/mol. The molecule has 1 fully saturated rings. The molecule has 1 aliphatic heterocycles. The lowest BCUT2D eigenvalue weighted by atomic mass is 10.1. The second-order valence-corrected chi connectivity index (χ2v) is 5.97. The molecule has 7 heteroatoms. The molecule has 1 heterocycles. The lowest BCUT2D eigenvalue weighted by Crippen LogP contribution is -3.12. The first-order valence-electron chi connectivity index (χ1n) is 7.88. The van der Waals surface area contributed by atoms with Crippen LogP contribution in [0.4, 0.5) is 24.5 Å². The smallest absolute Gasteiger partial charge is 0.359 e. The quantitative estimate of drug-likeness (QED) is 0.883. The zero-order chi connectivity index (χ0) is 17.0. The minimum Gasteiger partial charge on any atom is -0.359 e. The van der Waals surface area contributed by atoms with Crippen molar-refractivity contribution >= 4 is 17.3 Å². The largest absolute Gasteiger partial charge is 0.416 e. The summed E-state index contributed by atoms with van der Waals surface area (Å²) in [5, 5.41) is 2.65. The maximum Gasteiger partial charge on any atom is 0.416 e. The number of quaternary nitrogens is 1. The number of amides is 1. The molecule has 1 saturated heterocycles. The molecule has 0 aromatic heterocycles. The molecular weight excluding hydrogens is 307 g/mol. The van der Waals surface area contributed by atoms with Gasteiger partial charge in [-0.05, 0) is 24.6 Å². The van der Waals surface area contributed by atoms with Crippen LogP contribution < -0.4 is 15.1 Å². The summed E-state index contributed by atoms with van der Waals surface area (Å²) in [5.41, 5.74) is 0.167. The van der Waals surface area contributed by atoms with Crippen molar-refractivity contribution in [3.05, 3.63) is 23.8 Å². The van der Waals surface area contributed by atoms with E-state index in [4.69, 9.17) is 0 Å². The molecule has 1 aliphatic rings. The van der Waals surface area contributed by atoms with E-state index in [-0.39, 0.29) is 11.6 Å². The van der Waals surface area contributed by atoms with Gasteiger partial charge in [-0.1, -0.05) is 6.92 Å². The molecule has 1 aromatic carbocycles. The van der Waals surface area contributed by atoms with E-state index in [0.717, 1.165) is 38.3 Å². The first-order chi connectivity index (χ1) is 10.8. The second-order valence-electron chi connectivity index (χ2n) is 5.97. The van der Waals surface area contributed by atoms with Crippen LogP contribution in [0.1, 0.15) is 25.3 Å². The van der Waals surface area contributed by atoms with Crippen molar-refractivity contribution in [3.8, 4) is 0 Å². The highest BCUT2D eigenvalue weighted by Gasteiger charge is 2.32. The average molecular weight is 330 g/mol. The minimum absolute atomic E-state index is 0.248. The Morgan fingerprint density at radius 1 is 1.30 bits per heavy atom. The number of hydrogen-bond donors (Lipinski definition) is 2. The van der Waals surface area contributed by atoms with Gasteiger partial charge in [-0.15, -0.1) is 0 Å². The summed E-state index contributed by atoms with van der Waals surface area (Å²) in [4.78, 5) is 15.3. The molecule has 128 valence electrons. The van der Waals surface area contributed by atoms with Gasteiger partial charge in [0.2, 0.25) is 5.91 Å². The first-order valence-corrected chi connectivity index (χ1v) is 7.88. The Balaban J connectivity index is 2.30. The number of halogens is 3. The van der Waals surface area contributed by atoms with E-state index < -0.39 is 11.7 Å². The zero-order valence-corrected chi connectivity index (χ0v) is 13.5. The van der Waals surface area contributed by atoms with Gasteiger partial charge in [-0.25, -0.2) is 0 Å². The van der Waals surface area contributed by atoms with Crippen molar-refractivity contribution in [3.63, 3.8) is 0 Å². The highest BCUT2D eigenvalue weighted by atomic mass is 19.4. The maximum absolute atomic E-state index is 12.9. The van der Waals surface area contributed by atoms with E-state index in [1.165, 1.54) is 11.0 Å². The summed E-state index contributed by atoms with van der Waals surface area (Å²) < 4.78 is 38.8. The number of nitrogens with one attached hydrogen (secondary N) is 2. The number of carbonyl (C=O) groups excluding carboxylic acids is 1. The van der Waals surface area contributed by atoms with Gasteiger partial charge in [0.15, 0.2) is 0 Å². The Hall–Kier alpha value is -1.76. The topological polar surface area (TPSA) is 36.8 Å². The van der Waals surface area contributed by atoms with E-state index in [2.05, 4.69) is 12.4 Å². The number of hydrogen-bond acceptors (Lipinski definition) is 2. The van der Waals surface area contributed by atoms with Crippen molar-refractivity contribution in [1.82, 2.24) is 0 Å². The summed E-state index contributed by atoms with van der Waals surface area (Å²) in [6.07, 6.45) is -3.48. The van der Waals surface area contributed by atoms with Crippen LogP contribution in [-0.4, -0.2) is 39.1 Å². The lowest BCUT2D eigenvalue weighted by Gasteiger charge is -2.33. The Morgan fingerprint density at radius 2 is 1.96 bits per heavy atom. The molecular formula is C16H23F3N3O+. The van der Waals surface area contributed by atoms with Gasteiger partial charge in [0, 0.05) is 6.42 Å². The van der Waals surface area contributed by atoms with Gasteiger partial charge in [0.1, 0.15) is 0 Å². The van der Waals surface area contributed by atoms with Gasteiger partial charge in [-0.3, -0.25) is 4.79 Å². The minimum atomic E-state index is -4.42. The molecule has 2 N–H and O–H groups in total. The van der Waals surface area contributed by atoms with E-state index in [1.807, 2.05) is 11.8 Å². The Bertz CT molecular complexity index is 552.